The van der Waals surface area contributed by atoms with Crippen LogP contribution in [0.2, 0.25) is 0 Å². The number of rotatable bonds is 10. The van der Waals surface area contributed by atoms with E-state index in [0.717, 1.165) is 38.0 Å². The lowest BCUT2D eigenvalue weighted by Gasteiger charge is -2.32. The van der Waals surface area contributed by atoms with Crippen molar-refractivity contribution in [2.24, 2.45) is 17.8 Å². The van der Waals surface area contributed by atoms with E-state index in [0.29, 0.717) is 26.3 Å². The number of amides is 1. The van der Waals surface area contributed by atoms with Crippen molar-refractivity contribution in [2.75, 3.05) is 26.3 Å². The normalized spacial score (nSPS) is 22.6. The van der Waals surface area contributed by atoms with Gasteiger partial charge in [0.25, 0.3) is 0 Å². The summed E-state index contributed by atoms with van der Waals surface area (Å²) < 4.78 is 5.34. The van der Waals surface area contributed by atoms with Gasteiger partial charge in [-0.1, -0.05) is 20.3 Å². The highest BCUT2D eigenvalue weighted by Crippen LogP contribution is 2.31. The van der Waals surface area contributed by atoms with Gasteiger partial charge in [-0.3, -0.25) is 9.59 Å². The van der Waals surface area contributed by atoms with Crippen LogP contribution in [0.3, 0.4) is 0 Å². The van der Waals surface area contributed by atoms with E-state index in [1.165, 1.54) is 6.42 Å². The first-order valence-corrected chi connectivity index (χ1v) is 9.08. The third-order valence-electron chi connectivity index (χ3n) is 4.92. The molecule has 1 N–H and O–H groups in total. The van der Waals surface area contributed by atoms with Gasteiger partial charge in [-0.05, 0) is 44.9 Å². The molecule has 5 heteroatoms. The molecule has 1 fully saturated rings. The second-order valence-electron chi connectivity index (χ2n) is 6.70. The molecule has 0 aromatic carbocycles. The summed E-state index contributed by atoms with van der Waals surface area (Å²) in [6.45, 7) is 7.99. The Balaban J connectivity index is 2.58. The SMILES string of the molecule is CCOCCCN(CC(C)C(=O)O)C(=O)C1CCC(CC)CC1. The highest BCUT2D eigenvalue weighted by molar-refractivity contribution is 5.80. The van der Waals surface area contributed by atoms with Crippen LogP contribution >= 0.6 is 0 Å². The molecule has 1 amide bonds. The molecule has 23 heavy (non-hydrogen) atoms. The lowest BCUT2D eigenvalue weighted by molar-refractivity contribution is -0.144. The van der Waals surface area contributed by atoms with E-state index < -0.39 is 11.9 Å². The zero-order valence-corrected chi connectivity index (χ0v) is 14.9. The first-order valence-electron chi connectivity index (χ1n) is 9.08. The number of nitrogens with zero attached hydrogens (tertiary/aromatic N) is 1. The van der Waals surface area contributed by atoms with Crippen LogP contribution in [0.4, 0.5) is 0 Å². The van der Waals surface area contributed by atoms with Gasteiger partial charge in [0.15, 0.2) is 0 Å². The molecule has 0 radical (unpaired) electrons. The minimum Gasteiger partial charge on any atom is -0.481 e. The fraction of sp³-hybridized carbons (Fsp3) is 0.889. The predicted octanol–water partition coefficient (Wildman–Crippen LogP) is 3.18. The average molecular weight is 327 g/mol. The molecular weight excluding hydrogens is 294 g/mol. The largest absolute Gasteiger partial charge is 0.481 e. The standard InChI is InChI=1S/C18H33NO4/c1-4-15-7-9-16(10-8-15)17(20)19(11-6-12-23-5-2)13-14(3)18(21)22/h14-16H,4-13H2,1-3H3,(H,21,22). The molecule has 0 aromatic heterocycles. The van der Waals surface area contributed by atoms with Crippen LogP contribution in [0.5, 0.6) is 0 Å². The summed E-state index contributed by atoms with van der Waals surface area (Å²) in [5.41, 5.74) is 0. The molecule has 0 bridgehead atoms. The van der Waals surface area contributed by atoms with Crippen LogP contribution in [-0.4, -0.2) is 48.2 Å². The molecule has 1 saturated carbocycles. The Morgan fingerprint density at radius 3 is 2.39 bits per heavy atom. The second-order valence-corrected chi connectivity index (χ2v) is 6.70. The summed E-state index contributed by atoms with van der Waals surface area (Å²) in [4.78, 5) is 25.7. The third kappa shape index (κ3) is 6.90. The van der Waals surface area contributed by atoms with Crippen molar-refractivity contribution in [3.8, 4) is 0 Å². The van der Waals surface area contributed by atoms with Crippen molar-refractivity contribution < 1.29 is 19.4 Å². The van der Waals surface area contributed by atoms with Crippen LogP contribution in [-0.2, 0) is 14.3 Å². The number of aliphatic carboxylic acids is 1. The molecular formula is C18H33NO4. The maximum atomic E-state index is 12.8. The summed E-state index contributed by atoms with van der Waals surface area (Å²) in [5, 5.41) is 9.14. The summed E-state index contributed by atoms with van der Waals surface area (Å²) in [7, 11) is 0. The van der Waals surface area contributed by atoms with E-state index in [2.05, 4.69) is 6.92 Å². The molecule has 0 saturated heterocycles. The van der Waals surface area contributed by atoms with Crippen LogP contribution in [0, 0.1) is 17.8 Å². The molecule has 0 aromatic rings. The zero-order chi connectivity index (χ0) is 17.2. The number of carboxylic acids is 1. The number of ether oxygens (including phenoxy) is 1. The Labute approximate surface area is 140 Å². The number of carboxylic acid groups (broad SMARTS) is 1. The Bertz CT molecular complexity index is 364. The van der Waals surface area contributed by atoms with Crippen molar-refractivity contribution in [3.63, 3.8) is 0 Å². The summed E-state index contributed by atoms with van der Waals surface area (Å²) in [6, 6.07) is 0. The van der Waals surface area contributed by atoms with Crippen LogP contribution in [0.1, 0.15) is 59.3 Å². The molecule has 0 heterocycles. The molecule has 1 aliphatic rings. The maximum absolute atomic E-state index is 12.8. The van der Waals surface area contributed by atoms with Crippen LogP contribution in [0.15, 0.2) is 0 Å². The van der Waals surface area contributed by atoms with Gasteiger partial charge in [0.05, 0.1) is 5.92 Å². The topological polar surface area (TPSA) is 66.8 Å². The quantitative estimate of drug-likeness (QED) is 0.626. The molecule has 0 spiro atoms. The van der Waals surface area contributed by atoms with Crippen molar-refractivity contribution in [1.82, 2.24) is 4.90 Å². The lowest BCUT2D eigenvalue weighted by Crippen LogP contribution is -2.42. The summed E-state index contributed by atoms with van der Waals surface area (Å²) in [5.74, 6) is -0.404. The third-order valence-corrected chi connectivity index (χ3v) is 4.92. The van der Waals surface area contributed by atoms with E-state index in [-0.39, 0.29) is 11.8 Å². The van der Waals surface area contributed by atoms with Gasteiger partial charge in [0, 0.05) is 32.2 Å². The maximum Gasteiger partial charge on any atom is 0.308 e. The van der Waals surface area contributed by atoms with Gasteiger partial charge < -0.3 is 14.7 Å². The Morgan fingerprint density at radius 2 is 1.87 bits per heavy atom. The number of hydrogen-bond donors (Lipinski definition) is 1. The summed E-state index contributed by atoms with van der Waals surface area (Å²) >= 11 is 0. The van der Waals surface area contributed by atoms with Crippen molar-refractivity contribution in [2.45, 2.75) is 59.3 Å². The number of carbonyl (C=O) groups is 2. The first-order chi connectivity index (χ1) is 11.0. The monoisotopic (exact) mass is 327 g/mol. The van der Waals surface area contributed by atoms with E-state index in [9.17, 15) is 9.59 Å². The van der Waals surface area contributed by atoms with Crippen molar-refractivity contribution in [1.29, 1.82) is 0 Å². The highest BCUT2D eigenvalue weighted by Gasteiger charge is 2.30. The van der Waals surface area contributed by atoms with E-state index in [1.54, 1.807) is 11.8 Å². The molecule has 1 rings (SSSR count). The molecule has 1 aliphatic carbocycles. The fourth-order valence-corrected chi connectivity index (χ4v) is 3.28. The van der Waals surface area contributed by atoms with Gasteiger partial charge in [-0.25, -0.2) is 0 Å². The Kier molecular flexibility index (Phi) is 9.22. The van der Waals surface area contributed by atoms with Gasteiger partial charge in [-0.15, -0.1) is 0 Å². The second kappa shape index (κ2) is 10.6. The van der Waals surface area contributed by atoms with E-state index >= 15 is 0 Å². The molecule has 1 unspecified atom stereocenters. The number of carbonyl (C=O) groups excluding carboxylic acids is 1. The Hall–Kier alpha value is -1.10. The highest BCUT2D eigenvalue weighted by atomic mass is 16.5. The Morgan fingerprint density at radius 1 is 1.22 bits per heavy atom. The summed E-state index contributed by atoms with van der Waals surface area (Å²) in [6.07, 6.45) is 6.08. The predicted molar refractivity (Wildman–Crippen MR) is 90.2 cm³/mol. The minimum atomic E-state index is -0.845. The fourth-order valence-electron chi connectivity index (χ4n) is 3.28. The van der Waals surface area contributed by atoms with Crippen LogP contribution < -0.4 is 0 Å². The van der Waals surface area contributed by atoms with E-state index in [4.69, 9.17) is 9.84 Å². The molecule has 0 aliphatic heterocycles. The van der Waals surface area contributed by atoms with E-state index in [1.807, 2.05) is 6.92 Å². The first kappa shape index (κ1) is 19.9. The minimum absolute atomic E-state index is 0.0749. The number of hydrogen-bond acceptors (Lipinski definition) is 3. The van der Waals surface area contributed by atoms with Gasteiger partial charge in [-0.2, -0.15) is 0 Å². The smallest absolute Gasteiger partial charge is 0.308 e. The van der Waals surface area contributed by atoms with Gasteiger partial charge in [0.1, 0.15) is 0 Å². The molecule has 1 atom stereocenters. The van der Waals surface area contributed by atoms with Crippen molar-refractivity contribution in [3.05, 3.63) is 0 Å². The van der Waals surface area contributed by atoms with Gasteiger partial charge in [0.2, 0.25) is 5.91 Å². The zero-order valence-electron chi connectivity index (χ0n) is 14.9. The van der Waals surface area contributed by atoms with Gasteiger partial charge >= 0.3 is 5.97 Å². The van der Waals surface area contributed by atoms with Crippen LogP contribution in [0.25, 0.3) is 0 Å². The van der Waals surface area contributed by atoms with Crippen molar-refractivity contribution >= 4 is 11.9 Å². The lowest BCUT2D eigenvalue weighted by atomic mass is 9.80. The molecule has 134 valence electrons. The molecule has 5 nitrogen and oxygen atoms in total. The average Bonchev–Trinajstić information content (AvgIpc) is 2.56.